The fourth-order valence-corrected chi connectivity index (χ4v) is 3.48. The van der Waals surface area contributed by atoms with E-state index in [1.807, 2.05) is 19.1 Å². The van der Waals surface area contributed by atoms with E-state index >= 15 is 0 Å². The molecule has 4 aromatic rings. The molecule has 0 saturated carbocycles. The predicted molar refractivity (Wildman–Crippen MR) is 99.6 cm³/mol. The molecule has 3 N–H and O–H groups in total. The van der Waals surface area contributed by atoms with Crippen LogP contribution in [-0.2, 0) is 10.0 Å². The maximum absolute atomic E-state index is 11.6. The van der Waals surface area contributed by atoms with E-state index in [4.69, 9.17) is 14.4 Å². The van der Waals surface area contributed by atoms with Gasteiger partial charge in [-0.05, 0) is 31.2 Å². The van der Waals surface area contributed by atoms with Gasteiger partial charge < -0.3 is 9.26 Å². The van der Waals surface area contributed by atoms with Crippen LogP contribution in [0.2, 0.25) is 0 Å². The summed E-state index contributed by atoms with van der Waals surface area (Å²) in [5.41, 5.74) is 3.61. The van der Waals surface area contributed by atoms with Crippen LogP contribution in [0.25, 0.3) is 33.3 Å². The molecule has 27 heavy (non-hydrogen) atoms. The maximum Gasteiger partial charge on any atom is 0.238 e. The van der Waals surface area contributed by atoms with Crippen molar-refractivity contribution in [2.45, 2.75) is 11.8 Å². The van der Waals surface area contributed by atoms with Crippen LogP contribution in [0.5, 0.6) is 5.75 Å². The quantitative estimate of drug-likeness (QED) is 0.545. The van der Waals surface area contributed by atoms with E-state index in [0.717, 1.165) is 22.0 Å². The molecule has 2 aromatic heterocycles. The molecule has 0 atom stereocenters. The summed E-state index contributed by atoms with van der Waals surface area (Å²) in [6, 6.07) is 10.1. The van der Waals surface area contributed by atoms with Crippen molar-refractivity contribution < 1.29 is 17.7 Å². The summed E-state index contributed by atoms with van der Waals surface area (Å²) in [6.07, 6.45) is 3.15. The smallest absolute Gasteiger partial charge is 0.238 e. The molecule has 0 unspecified atom stereocenters. The molecule has 0 aliphatic carbocycles. The summed E-state index contributed by atoms with van der Waals surface area (Å²) in [5.74, 6) is 0.651. The van der Waals surface area contributed by atoms with Crippen LogP contribution < -0.4 is 9.88 Å². The normalized spacial score (nSPS) is 11.8. The Labute approximate surface area is 155 Å². The molecule has 0 spiro atoms. The van der Waals surface area contributed by atoms with Crippen LogP contribution in [0.1, 0.15) is 6.92 Å². The first-order valence-corrected chi connectivity index (χ1v) is 9.70. The monoisotopic (exact) mass is 384 g/mol. The molecule has 0 radical (unpaired) electrons. The molecule has 9 heteroatoms. The third-order valence-corrected chi connectivity index (χ3v) is 5.05. The van der Waals surface area contributed by atoms with Gasteiger partial charge in [-0.1, -0.05) is 17.3 Å². The van der Waals surface area contributed by atoms with Gasteiger partial charge in [-0.25, -0.2) is 13.6 Å². The Bertz CT molecular complexity index is 1210. The molecule has 2 heterocycles. The second-order valence-corrected chi connectivity index (χ2v) is 7.45. The number of ether oxygens (including phenoxy) is 1. The number of sulfonamides is 1. The van der Waals surface area contributed by atoms with Gasteiger partial charge in [-0.3, -0.25) is 5.10 Å². The maximum atomic E-state index is 11.6. The van der Waals surface area contributed by atoms with Gasteiger partial charge in [0.05, 0.1) is 23.2 Å². The number of nitrogens with zero attached hydrogens (tertiary/aromatic N) is 2. The van der Waals surface area contributed by atoms with Gasteiger partial charge in [0.2, 0.25) is 10.0 Å². The van der Waals surface area contributed by atoms with Crippen molar-refractivity contribution in [3.8, 4) is 28.1 Å². The highest BCUT2D eigenvalue weighted by Crippen LogP contribution is 2.37. The first kappa shape index (κ1) is 17.3. The van der Waals surface area contributed by atoms with Crippen LogP contribution in [0.15, 0.2) is 58.3 Å². The summed E-state index contributed by atoms with van der Waals surface area (Å²) in [7, 11) is -3.80. The Hall–Kier alpha value is -3.17. The average molecular weight is 384 g/mol. The number of primary sulfonamides is 1. The van der Waals surface area contributed by atoms with Crippen molar-refractivity contribution in [1.82, 2.24) is 15.4 Å². The second kappa shape index (κ2) is 6.53. The zero-order valence-corrected chi connectivity index (χ0v) is 15.2. The van der Waals surface area contributed by atoms with Crippen LogP contribution >= 0.6 is 0 Å². The zero-order valence-electron chi connectivity index (χ0n) is 14.3. The van der Waals surface area contributed by atoms with E-state index in [1.54, 1.807) is 18.3 Å². The Morgan fingerprint density at radius 3 is 2.78 bits per heavy atom. The standard InChI is InChI=1S/C18H16N4O4S/c1-2-25-17-8-15-16(7-14(17)12-9-20-26-10-12)21-22-18(15)11-4-3-5-13(6-11)27(19,23)24/h3-10H,2H2,1H3,(H,21,22)(H2,19,23,24). The number of nitrogens with two attached hydrogens (primary N) is 1. The number of H-pyrrole nitrogens is 1. The third-order valence-electron chi connectivity index (χ3n) is 4.14. The van der Waals surface area contributed by atoms with E-state index in [1.165, 1.54) is 18.4 Å². The lowest BCUT2D eigenvalue weighted by Gasteiger charge is -2.09. The molecule has 0 fully saturated rings. The summed E-state index contributed by atoms with van der Waals surface area (Å²) in [6.45, 7) is 2.38. The zero-order chi connectivity index (χ0) is 19.0. The van der Waals surface area contributed by atoms with E-state index in [9.17, 15) is 8.42 Å². The van der Waals surface area contributed by atoms with Crippen molar-refractivity contribution in [2.75, 3.05) is 6.61 Å². The Balaban J connectivity index is 1.90. The molecule has 0 saturated heterocycles. The Morgan fingerprint density at radius 2 is 2.07 bits per heavy atom. The molecule has 2 aromatic carbocycles. The largest absolute Gasteiger partial charge is 0.493 e. The second-order valence-electron chi connectivity index (χ2n) is 5.89. The van der Waals surface area contributed by atoms with Crippen LogP contribution in [-0.4, -0.2) is 30.4 Å². The summed E-state index contributed by atoms with van der Waals surface area (Å²) in [5, 5.41) is 17.1. The van der Waals surface area contributed by atoms with E-state index < -0.39 is 10.0 Å². The van der Waals surface area contributed by atoms with Crippen LogP contribution in [0, 0.1) is 0 Å². The molecule has 8 nitrogen and oxygen atoms in total. The van der Waals surface area contributed by atoms with Gasteiger partial charge in [-0.15, -0.1) is 0 Å². The average Bonchev–Trinajstić information content (AvgIpc) is 3.30. The minimum atomic E-state index is -3.80. The topological polar surface area (TPSA) is 124 Å². The van der Waals surface area contributed by atoms with Crippen LogP contribution in [0.4, 0.5) is 0 Å². The highest BCUT2D eigenvalue weighted by Gasteiger charge is 2.17. The van der Waals surface area contributed by atoms with Crippen molar-refractivity contribution in [3.63, 3.8) is 0 Å². The lowest BCUT2D eigenvalue weighted by atomic mass is 10.0. The van der Waals surface area contributed by atoms with E-state index in [-0.39, 0.29) is 4.90 Å². The van der Waals surface area contributed by atoms with Gasteiger partial charge >= 0.3 is 0 Å². The fourth-order valence-electron chi connectivity index (χ4n) is 2.92. The van der Waals surface area contributed by atoms with Crippen molar-refractivity contribution in [1.29, 1.82) is 0 Å². The Kier molecular flexibility index (Phi) is 4.17. The van der Waals surface area contributed by atoms with Crippen molar-refractivity contribution in [2.24, 2.45) is 5.14 Å². The number of hydrogen-bond donors (Lipinski definition) is 2. The molecule has 0 aliphatic heterocycles. The van der Waals surface area contributed by atoms with E-state index in [0.29, 0.717) is 23.6 Å². The summed E-state index contributed by atoms with van der Waals surface area (Å²) in [4.78, 5) is 0.0299. The number of nitrogens with one attached hydrogen (secondary N) is 1. The molecule has 138 valence electrons. The van der Waals surface area contributed by atoms with Gasteiger partial charge in [0, 0.05) is 22.1 Å². The summed E-state index contributed by atoms with van der Waals surface area (Å²) < 4.78 is 34.0. The SMILES string of the molecule is CCOc1cc2c(-c3cccc(S(N)(=O)=O)c3)n[nH]c2cc1-c1cnoc1. The Morgan fingerprint density at radius 1 is 1.22 bits per heavy atom. The number of hydrogen-bond acceptors (Lipinski definition) is 6. The molecule has 0 amide bonds. The number of rotatable bonds is 5. The summed E-state index contributed by atoms with van der Waals surface area (Å²) >= 11 is 0. The highest BCUT2D eigenvalue weighted by molar-refractivity contribution is 7.89. The molecular formula is C18H16N4O4S. The number of aromatic amines is 1. The number of benzene rings is 2. The molecule has 0 bridgehead atoms. The van der Waals surface area contributed by atoms with Crippen LogP contribution in [0.3, 0.4) is 0 Å². The minimum absolute atomic E-state index is 0.0299. The lowest BCUT2D eigenvalue weighted by Crippen LogP contribution is -2.11. The minimum Gasteiger partial charge on any atom is -0.493 e. The van der Waals surface area contributed by atoms with Gasteiger partial charge in [-0.2, -0.15) is 5.10 Å². The molecular weight excluding hydrogens is 368 g/mol. The highest BCUT2D eigenvalue weighted by atomic mass is 32.2. The van der Waals surface area contributed by atoms with Gasteiger partial charge in [0.1, 0.15) is 17.7 Å². The fraction of sp³-hybridized carbons (Fsp3) is 0.111. The lowest BCUT2D eigenvalue weighted by molar-refractivity contribution is 0.342. The number of aromatic nitrogens is 3. The third kappa shape index (κ3) is 3.18. The van der Waals surface area contributed by atoms with Crippen molar-refractivity contribution >= 4 is 20.9 Å². The first-order valence-electron chi connectivity index (χ1n) is 8.15. The van der Waals surface area contributed by atoms with Crippen molar-refractivity contribution in [3.05, 3.63) is 48.9 Å². The number of fused-ring (bicyclic) bond motifs is 1. The molecule has 0 aliphatic rings. The predicted octanol–water partition coefficient (Wildman–Crippen LogP) is 2.93. The van der Waals surface area contributed by atoms with Gasteiger partial charge in [0.15, 0.2) is 0 Å². The molecule has 4 rings (SSSR count). The van der Waals surface area contributed by atoms with E-state index in [2.05, 4.69) is 15.4 Å². The first-order chi connectivity index (χ1) is 13.0. The van der Waals surface area contributed by atoms with Gasteiger partial charge in [0.25, 0.3) is 0 Å².